The van der Waals surface area contributed by atoms with Crippen molar-refractivity contribution in [2.45, 2.75) is 65.8 Å². The summed E-state index contributed by atoms with van der Waals surface area (Å²) in [4.78, 5) is 26.4. The van der Waals surface area contributed by atoms with E-state index in [1.807, 2.05) is 13.8 Å². The van der Waals surface area contributed by atoms with Crippen molar-refractivity contribution >= 4 is 11.8 Å². The van der Waals surface area contributed by atoms with Crippen LogP contribution in [0.2, 0.25) is 0 Å². The minimum absolute atomic E-state index is 0.251. The number of nitriles is 1. The van der Waals surface area contributed by atoms with Crippen molar-refractivity contribution in [3.05, 3.63) is 6.42 Å². The summed E-state index contributed by atoms with van der Waals surface area (Å²) in [5, 5.41) is 12.5. The third-order valence-electron chi connectivity index (χ3n) is 5.93. The fraction of sp³-hybridized carbons (Fsp3) is 0.789. The van der Waals surface area contributed by atoms with Gasteiger partial charge in [0.05, 0.1) is 12.5 Å². The Morgan fingerprint density at radius 3 is 2.28 bits per heavy atom. The Bertz CT molecular complexity index is 526. The highest BCUT2D eigenvalue weighted by Gasteiger charge is 2.42. The highest BCUT2D eigenvalue weighted by atomic mass is 16.2. The molecule has 0 aromatic carbocycles. The van der Waals surface area contributed by atoms with Gasteiger partial charge in [0.25, 0.3) is 0 Å². The lowest BCUT2D eigenvalue weighted by atomic mass is 9.65. The Kier molecular flexibility index (Phi) is 7.01. The van der Waals surface area contributed by atoms with Gasteiger partial charge in [-0.3, -0.25) is 9.59 Å². The monoisotopic (exact) mass is 349 g/mol. The van der Waals surface area contributed by atoms with E-state index in [0.29, 0.717) is 19.3 Å². The average molecular weight is 349 g/mol. The van der Waals surface area contributed by atoms with Crippen LogP contribution < -0.4 is 11.1 Å². The van der Waals surface area contributed by atoms with Gasteiger partial charge in [-0.05, 0) is 37.6 Å². The molecule has 6 nitrogen and oxygen atoms in total. The summed E-state index contributed by atoms with van der Waals surface area (Å²) in [6.45, 7) is 12.2. The number of hydrogen-bond donors (Lipinski definition) is 2. The minimum Gasteiger partial charge on any atom is -0.369 e. The van der Waals surface area contributed by atoms with Crippen LogP contribution in [0.25, 0.3) is 0 Å². The van der Waals surface area contributed by atoms with E-state index in [9.17, 15) is 14.9 Å². The second-order valence-electron chi connectivity index (χ2n) is 8.31. The molecule has 1 fully saturated rings. The van der Waals surface area contributed by atoms with Gasteiger partial charge in [-0.2, -0.15) is 5.26 Å². The van der Waals surface area contributed by atoms with Crippen LogP contribution in [0.1, 0.15) is 60.3 Å². The van der Waals surface area contributed by atoms with E-state index in [2.05, 4.69) is 23.2 Å². The molecule has 1 aliphatic rings. The van der Waals surface area contributed by atoms with E-state index < -0.39 is 16.4 Å². The summed E-state index contributed by atoms with van der Waals surface area (Å²) in [6, 6.07) is 2.30. The Labute approximate surface area is 152 Å². The topological polar surface area (TPSA) is 99.2 Å². The number of hydrogen-bond acceptors (Lipinski definition) is 4. The summed E-state index contributed by atoms with van der Waals surface area (Å²) in [5.74, 6) is -0.637. The number of rotatable bonds is 8. The summed E-state index contributed by atoms with van der Waals surface area (Å²) < 4.78 is 0. The molecular weight excluding hydrogens is 316 g/mol. The fourth-order valence-electron chi connectivity index (χ4n) is 2.96. The van der Waals surface area contributed by atoms with Crippen molar-refractivity contribution in [1.29, 1.82) is 5.26 Å². The fourth-order valence-corrected chi connectivity index (χ4v) is 2.96. The van der Waals surface area contributed by atoms with Gasteiger partial charge in [0.2, 0.25) is 11.8 Å². The van der Waals surface area contributed by atoms with Gasteiger partial charge in [0.1, 0.15) is 5.54 Å². The minimum atomic E-state index is -0.791. The first-order valence-corrected chi connectivity index (χ1v) is 9.08. The molecular formula is C19H33N4O2. The van der Waals surface area contributed by atoms with Gasteiger partial charge in [0.15, 0.2) is 0 Å². The molecule has 0 aliphatic carbocycles. The Morgan fingerprint density at radius 1 is 1.28 bits per heavy atom. The number of nitrogens with two attached hydrogens (primary N) is 1. The average Bonchev–Trinajstić information content (AvgIpc) is 2.55. The maximum Gasteiger partial charge on any atom is 0.225 e. The standard InChI is InChI=1S/C19H33N4O2/c1-6-11-23-12-9-19(14-20,10-13-23)22-15(24)7-8-17(2,3)18(4,5)16(21)25/h7H,6,8-13H2,1-5H3,(H2,21,25)(H,22,24). The summed E-state index contributed by atoms with van der Waals surface area (Å²) in [7, 11) is 0. The Morgan fingerprint density at radius 2 is 1.84 bits per heavy atom. The number of nitrogens with one attached hydrogen (secondary N) is 1. The Hall–Kier alpha value is -1.61. The van der Waals surface area contributed by atoms with Crippen LogP contribution in [0.5, 0.6) is 0 Å². The summed E-state index contributed by atoms with van der Waals surface area (Å²) in [6.07, 6.45) is 4.32. The van der Waals surface area contributed by atoms with E-state index in [-0.39, 0.29) is 11.8 Å². The van der Waals surface area contributed by atoms with E-state index in [0.717, 1.165) is 26.1 Å². The maximum absolute atomic E-state index is 12.4. The molecule has 25 heavy (non-hydrogen) atoms. The first kappa shape index (κ1) is 21.4. The second-order valence-corrected chi connectivity index (χ2v) is 8.31. The van der Waals surface area contributed by atoms with Crippen molar-refractivity contribution in [2.24, 2.45) is 16.6 Å². The first-order chi connectivity index (χ1) is 11.5. The number of nitrogens with zero attached hydrogens (tertiary/aromatic N) is 2. The van der Waals surface area contributed by atoms with Gasteiger partial charge in [-0.15, -0.1) is 0 Å². The first-order valence-electron chi connectivity index (χ1n) is 9.08. The molecule has 2 amide bonds. The van der Waals surface area contributed by atoms with Gasteiger partial charge in [0, 0.05) is 18.5 Å². The second kappa shape index (κ2) is 8.18. The summed E-state index contributed by atoms with van der Waals surface area (Å²) >= 11 is 0. The Balaban J connectivity index is 2.61. The van der Waals surface area contributed by atoms with E-state index >= 15 is 0 Å². The van der Waals surface area contributed by atoms with Crippen LogP contribution >= 0.6 is 0 Å². The SMILES string of the molecule is CCCN1CCC(C#N)(NC(=O)[CH]CC(C)(C)C(C)(C)C(N)=O)CC1. The zero-order valence-corrected chi connectivity index (χ0v) is 16.3. The highest BCUT2D eigenvalue weighted by molar-refractivity contribution is 5.86. The zero-order chi connectivity index (χ0) is 19.3. The van der Waals surface area contributed by atoms with Crippen molar-refractivity contribution in [3.63, 3.8) is 0 Å². The highest BCUT2D eigenvalue weighted by Crippen LogP contribution is 2.41. The van der Waals surface area contributed by atoms with Crippen molar-refractivity contribution in [2.75, 3.05) is 19.6 Å². The number of amides is 2. The van der Waals surface area contributed by atoms with Crippen molar-refractivity contribution in [1.82, 2.24) is 10.2 Å². The van der Waals surface area contributed by atoms with Gasteiger partial charge in [-0.1, -0.05) is 34.6 Å². The number of likely N-dealkylation sites (tertiary alicyclic amines) is 1. The van der Waals surface area contributed by atoms with Crippen LogP contribution in [0.4, 0.5) is 0 Å². The number of piperidine rings is 1. The smallest absolute Gasteiger partial charge is 0.225 e. The van der Waals surface area contributed by atoms with Gasteiger partial charge < -0.3 is 16.0 Å². The predicted molar refractivity (Wildman–Crippen MR) is 98.1 cm³/mol. The third-order valence-corrected chi connectivity index (χ3v) is 5.93. The number of carbonyl (C=O) groups excluding carboxylic acids is 2. The van der Waals surface area contributed by atoms with Crippen molar-refractivity contribution < 1.29 is 9.59 Å². The molecule has 1 rings (SSSR count). The molecule has 0 unspecified atom stereocenters. The number of primary amides is 1. The third kappa shape index (κ3) is 5.18. The molecule has 6 heteroatoms. The van der Waals surface area contributed by atoms with Gasteiger partial charge >= 0.3 is 0 Å². The molecule has 0 spiro atoms. The lowest BCUT2D eigenvalue weighted by Crippen LogP contribution is -2.54. The zero-order valence-electron chi connectivity index (χ0n) is 16.3. The van der Waals surface area contributed by atoms with Gasteiger partial charge in [-0.25, -0.2) is 0 Å². The molecule has 3 N–H and O–H groups in total. The van der Waals surface area contributed by atoms with E-state index in [4.69, 9.17) is 5.73 Å². The maximum atomic E-state index is 12.4. The molecule has 0 atom stereocenters. The number of carbonyl (C=O) groups is 2. The quantitative estimate of drug-likeness (QED) is 0.700. The largest absolute Gasteiger partial charge is 0.369 e. The summed E-state index contributed by atoms with van der Waals surface area (Å²) in [5.41, 5.74) is 3.51. The molecule has 141 valence electrons. The van der Waals surface area contributed by atoms with E-state index in [1.165, 1.54) is 0 Å². The molecule has 0 bridgehead atoms. The molecule has 1 aliphatic heterocycles. The van der Waals surface area contributed by atoms with Crippen molar-refractivity contribution in [3.8, 4) is 6.07 Å². The molecule has 0 aromatic heterocycles. The molecule has 1 radical (unpaired) electrons. The van der Waals surface area contributed by atoms with Crippen LogP contribution in [-0.4, -0.2) is 41.9 Å². The molecule has 1 heterocycles. The normalized spacial score (nSPS) is 18.4. The van der Waals surface area contributed by atoms with Crippen LogP contribution in [0.3, 0.4) is 0 Å². The molecule has 1 saturated heterocycles. The van der Waals surface area contributed by atoms with E-state index in [1.54, 1.807) is 20.3 Å². The molecule has 0 saturated carbocycles. The van der Waals surface area contributed by atoms with Crippen LogP contribution in [-0.2, 0) is 9.59 Å². The predicted octanol–water partition coefficient (Wildman–Crippen LogP) is 2.00. The van der Waals surface area contributed by atoms with Crippen LogP contribution in [0.15, 0.2) is 0 Å². The van der Waals surface area contributed by atoms with Crippen LogP contribution in [0, 0.1) is 28.6 Å². The lowest BCUT2D eigenvalue weighted by molar-refractivity contribution is -0.132. The lowest BCUT2D eigenvalue weighted by Gasteiger charge is -2.40. The molecule has 0 aromatic rings.